The van der Waals surface area contributed by atoms with Gasteiger partial charge in [-0.3, -0.25) is 0 Å². The average molecular weight is 678 g/mol. The minimum absolute atomic E-state index is 0. The van der Waals surface area contributed by atoms with Crippen molar-refractivity contribution in [3.8, 4) is 0 Å². The van der Waals surface area contributed by atoms with Crippen LogP contribution in [-0.4, -0.2) is 60.0 Å². The third-order valence-corrected chi connectivity index (χ3v) is 0. The molecule has 0 aliphatic rings. The summed E-state index contributed by atoms with van der Waals surface area (Å²) in [6, 6.07) is 0. The second-order valence-electron chi connectivity index (χ2n) is 1.50. The Morgan fingerprint density at radius 3 is 0.400 bits per heavy atom. The Labute approximate surface area is 235 Å². The topological polar surface area (TPSA) is 379 Å². The molecule has 0 aromatic carbocycles. The van der Waals surface area contributed by atoms with Gasteiger partial charge in [0.1, 0.15) is 0 Å². The summed E-state index contributed by atoms with van der Waals surface area (Å²) < 4.78 is 0. The van der Waals surface area contributed by atoms with Crippen molar-refractivity contribution in [3.63, 3.8) is 0 Å². The maximum absolute atomic E-state index is 8.33. The van der Waals surface area contributed by atoms with Crippen LogP contribution in [0.5, 0.6) is 0 Å². The van der Waals surface area contributed by atoms with E-state index >= 15 is 0 Å². The summed E-state index contributed by atoms with van der Waals surface area (Å²) in [5, 5.41) is 100. The Morgan fingerprint density at radius 2 is 0.400 bits per heavy atom. The van der Waals surface area contributed by atoms with Crippen LogP contribution in [0.3, 0.4) is 0 Å². The van der Waals surface area contributed by atoms with Gasteiger partial charge in [-0.1, -0.05) is 0 Å². The summed E-state index contributed by atoms with van der Waals surface area (Å²) in [6.07, 6.45) is -14.0. The zero-order chi connectivity index (χ0) is 21.5. The minimum atomic E-state index is -2.33. The van der Waals surface area contributed by atoms with E-state index in [1.165, 1.54) is 0 Å². The molecule has 0 aromatic heterocycles. The van der Waals surface area contributed by atoms with E-state index in [1.54, 1.807) is 0 Å². The molecular weight excluding hydrogens is 678 g/mol. The van der Waals surface area contributed by atoms with Crippen LogP contribution in [-0.2, 0) is 86.9 Å². The fourth-order valence-corrected chi connectivity index (χ4v) is 0. The van der Waals surface area contributed by atoms with Gasteiger partial charge in [0.15, 0.2) is 0 Å². The van der Waals surface area contributed by atoms with E-state index < -0.39 is 36.9 Å². The van der Waals surface area contributed by atoms with Crippen molar-refractivity contribution >= 4 is 60.0 Å². The molecule has 0 amide bonds. The Bertz CT molecular complexity index is 288. The first kappa shape index (κ1) is 78.6. The monoisotopic (exact) mass is 676 g/mol. The van der Waals surface area contributed by atoms with Gasteiger partial charge in [0.2, 0.25) is 0 Å². The van der Waals surface area contributed by atoms with Gasteiger partial charge in [0, 0.05) is 0 Å². The van der Waals surface area contributed by atoms with Gasteiger partial charge in [0.25, 0.3) is 0 Å². The van der Waals surface area contributed by atoms with E-state index in [0.717, 1.165) is 0 Å². The second-order valence-corrected chi connectivity index (χ2v) is 1.50. The molecule has 0 unspecified atom stereocenters. The van der Waals surface area contributed by atoms with Gasteiger partial charge >= 0.3 is 110 Å². The van der Waals surface area contributed by atoms with Gasteiger partial charge < -0.3 is 90.0 Å². The molecular formula is C6CoFeMgMnNiO18Zn. The largest absolute Gasteiger partial charge is 2.00 e. The Kier molecular flexibility index (Phi) is 185. The molecule has 0 atom stereocenters. The average Bonchev–Trinajstić information content (AvgIpc) is 2.08. The number of rotatable bonds is 0. The van der Waals surface area contributed by atoms with E-state index in [-0.39, 0.29) is 110 Å². The van der Waals surface area contributed by atoms with Crippen molar-refractivity contribution < 1.29 is 177 Å². The van der Waals surface area contributed by atoms with Gasteiger partial charge in [-0.2, -0.15) is 0 Å². The minimum Gasteiger partial charge on any atom is -0.652 e. The third-order valence-electron chi connectivity index (χ3n) is 0. The van der Waals surface area contributed by atoms with Gasteiger partial charge in [-0.15, -0.1) is 0 Å². The molecule has 0 bridgehead atoms. The molecule has 0 aromatic rings. The molecule has 18 nitrogen and oxygen atoms in total. The second kappa shape index (κ2) is 70.6. The molecule has 0 spiro atoms. The number of carbonyl (C=O) groups excluding carboxylic acids is 6. The molecule has 0 aliphatic heterocycles. The van der Waals surface area contributed by atoms with Crippen molar-refractivity contribution in [2.24, 2.45) is 0 Å². The van der Waals surface area contributed by atoms with E-state index in [9.17, 15) is 0 Å². The van der Waals surface area contributed by atoms with Crippen molar-refractivity contribution in [2.45, 2.75) is 0 Å². The number of hydrogen-bond acceptors (Lipinski definition) is 18. The molecule has 24 heteroatoms. The molecule has 0 saturated carbocycles. The zero-order valence-corrected chi connectivity index (χ0v) is 21.8. The first-order valence-corrected chi connectivity index (χ1v) is 3.67. The SMILES string of the molecule is O=C([O-])[O-].O=C([O-])[O-].O=C([O-])[O-].O=C([O-])[O-].O=C([O-])[O-].O=C([O-])[O-].[Co+2].[Fe+2].[Mg+2].[Mn+2].[Ni+2].[Zn+2]. The molecule has 0 saturated heterocycles. The summed E-state index contributed by atoms with van der Waals surface area (Å²) in [6.45, 7) is 0. The van der Waals surface area contributed by atoms with Gasteiger partial charge in [0.05, 0.1) is 0 Å². The number of carbonyl (C=O) groups is 6. The fourth-order valence-electron chi connectivity index (χ4n) is 0. The smallest absolute Gasteiger partial charge is 0.652 e. The van der Waals surface area contributed by atoms with Crippen LogP contribution in [0.25, 0.3) is 0 Å². The Hall–Kier alpha value is -0.951. The van der Waals surface area contributed by atoms with E-state index in [2.05, 4.69) is 0 Å². The van der Waals surface area contributed by atoms with Crippen LogP contribution in [0, 0.1) is 0 Å². The number of hydrogen-bond donors (Lipinski definition) is 0. The third kappa shape index (κ3) is 20300. The zero-order valence-electron chi connectivity index (χ0n) is 13.1. The molecule has 0 heterocycles. The van der Waals surface area contributed by atoms with Crippen molar-refractivity contribution in [2.75, 3.05) is 0 Å². The fraction of sp³-hybridized carbons (Fsp3) is 0. The number of carboxylic acid groups (broad SMARTS) is 12. The first-order valence-electron chi connectivity index (χ1n) is 3.67. The normalized spacial score (nSPS) is 4.80. The van der Waals surface area contributed by atoms with E-state index in [0.29, 0.717) is 0 Å². The first-order chi connectivity index (χ1) is 10.4. The van der Waals surface area contributed by atoms with Crippen molar-refractivity contribution in [3.05, 3.63) is 0 Å². The summed E-state index contributed by atoms with van der Waals surface area (Å²) in [7, 11) is 0. The molecule has 170 valence electrons. The maximum atomic E-state index is 8.33. The molecule has 0 aliphatic carbocycles. The van der Waals surface area contributed by atoms with Crippen LogP contribution >= 0.6 is 0 Å². The predicted octanol–water partition coefficient (Wildman–Crippen LogP) is -15.1. The summed E-state index contributed by atoms with van der Waals surface area (Å²) in [5.41, 5.74) is 0. The molecule has 0 rings (SSSR count). The standard InChI is InChI=1S/6CH2O3.Co.Fe.Mg.Mn.Ni.Zn/c6*2-1(3)4;;;;;;/h6*(H2,2,3,4);;;;;;/q;;;;;;6*+2/p-12. The molecule has 0 fully saturated rings. The van der Waals surface area contributed by atoms with Crippen LogP contribution < -0.4 is 61.3 Å². The van der Waals surface area contributed by atoms with Crippen LogP contribution in [0.15, 0.2) is 0 Å². The van der Waals surface area contributed by atoms with Crippen molar-refractivity contribution in [1.82, 2.24) is 0 Å². The van der Waals surface area contributed by atoms with Crippen LogP contribution in [0.4, 0.5) is 28.8 Å². The van der Waals surface area contributed by atoms with Crippen LogP contribution in [0.2, 0.25) is 0 Å². The quantitative estimate of drug-likeness (QED) is 0.215. The van der Waals surface area contributed by atoms with Gasteiger partial charge in [-0.25, -0.2) is 0 Å². The predicted molar refractivity (Wildman–Crippen MR) is 38.1 cm³/mol. The summed E-state index contributed by atoms with van der Waals surface area (Å²) in [4.78, 5) is 50.0. The van der Waals surface area contributed by atoms with E-state index in [4.69, 9.17) is 90.0 Å². The summed E-state index contributed by atoms with van der Waals surface area (Å²) >= 11 is 0. The Balaban J connectivity index is -0.0000000125. The molecule has 2 radical (unpaired) electrons. The van der Waals surface area contributed by atoms with Crippen molar-refractivity contribution in [1.29, 1.82) is 0 Å². The Morgan fingerprint density at radius 1 is 0.400 bits per heavy atom. The maximum Gasteiger partial charge on any atom is 2.00 e. The molecule has 30 heavy (non-hydrogen) atoms. The molecule has 0 N–H and O–H groups in total. The van der Waals surface area contributed by atoms with E-state index in [1.807, 2.05) is 0 Å². The van der Waals surface area contributed by atoms with Crippen LogP contribution in [0.1, 0.15) is 0 Å². The van der Waals surface area contributed by atoms with Gasteiger partial charge in [-0.05, 0) is 36.9 Å². The summed E-state index contributed by atoms with van der Waals surface area (Å²) in [5.74, 6) is 0.